The number of para-hydroxylation sites is 1. The molecule has 2 aliphatic carbocycles. The van der Waals surface area contributed by atoms with Gasteiger partial charge in [-0.2, -0.15) is 0 Å². The number of nitrogens with one attached hydrogen (secondary N) is 2. The van der Waals surface area contributed by atoms with Crippen molar-refractivity contribution in [2.24, 2.45) is 16.7 Å². The first-order valence-electron chi connectivity index (χ1n) is 10.6. The minimum absolute atomic E-state index is 0.0959. The molecule has 1 aromatic carbocycles. The lowest BCUT2D eigenvalue weighted by molar-refractivity contribution is -0.122. The number of fused-ring (bicyclic) bond motifs is 2. The van der Waals surface area contributed by atoms with Crippen LogP contribution >= 0.6 is 0 Å². The van der Waals surface area contributed by atoms with E-state index in [0.29, 0.717) is 48.6 Å². The van der Waals surface area contributed by atoms with E-state index in [9.17, 15) is 9.59 Å². The maximum Gasteiger partial charge on any atom is 0.255 e. The van der Waals surface area contributed by atoms with E-state index in [0.717, 1.165) is 6.42 Å². The van der Waals surface area contributed by atoms with Gasteiger partial charge in [-0.3, -0.25) is 9.59 Å². The summed E-state index contributed by atoms with van der Waals surface area (Å²) < 4.78 is 5.50. The van der Waals surface area contributed by atoms with E-state index in [2.05, 4.69) is 31.4 Å². The first-order valence-corrected chi connectivity index (χ1v) is 10.6. The molecule has 0 radical (unpaired) electrons. The fraction of sp³-hybridized carbons (Fsp3) is 0.652. The Labute approximate surface area is 168 Å². The van der Waals surface area contributed by atoms with Gasteiger partial charge < -0.3 is 15.4 Å². The average Bonchev–Trinajstić information content (AvgIpc) is 2.99. The van der Waals surface area contributed by atoms with Crippen molar-refractivity contribution in [3.63, 3.8) is 0 Å². The maximum atomic E-state index is 12.4. The van der Waals surface area contributed by atoms with Crippen LogP contribution in [0.4, 0.5) is 0 Å². The van der Waals surface area contributed by atoms with Gasteiger partial charge in [0.05, 0.1) is 12.2 Å². The van der Waals surface area contributed by atoms with Gasteiger partial charge in [-0.15, -0.1) is 0 Å². The highest BCUT2D eigenvalue weighted by Crippen LogP contribution is 2.65. The van der Waals surface area contributed by atoms with Gasteiger partial charge in [0.2, 0.25) is 5.91 Å². The number of amides is 2. The van der Waals surface area contributed by atoms with Crippen LogP contribution in [0.25, 0.3) is 0 Å². The highest BCUT2D eigenvalue weighted by Gasteiger charge is 2.61. The van der Waals surface area contributed by atoms with Gasteiger partial charge in [0.15, 0.2) is 0 Å². The van der Waals surface area contributed by atoms with Crippen LogP contribution in [0.15, 0.2) is 24.3 Å². The molecule has 2 amide bonds. The standard InChI is InChI=1S/C23H34N2O3/c1-5-28-18-10-7-6-9-17(18)21(27)24-14-8-11-20(26)25-19-15-16-12-13-23(19,4)22(16,2)3/h6-7,9-10,16,19H,5,8,11-15H2,1-4H3,(H,24,27)(H,25,26). The number of hydrogen-bond acceptors (Lipinski definition) is 3. The Kier molecular flexibility index (Phi) is 6.01. The largest absolute Gasteiger partial charge is 0.493 e. The van der Waals surface area contributed by atoms with E-state index >= 15 is 0 Å². The van der Waals surface area contributed by atoms with E-state index in [-0.39, 0.29) is 23.3 Å². The molecule has 0 saturated heterocycles. The third-order valence-corrected chi connectivity index (χ3v) is 7.43. The molecule has 2 N–H and O–H groups in total. The summed E-state index contributed by atoms with van der Waals surface area (Å²) in [5, 5.41) is 6.18. The number of rotatable bonds is 8. The van der Waals surface area contributed by atoms with Crippen molar-refractivity contribution in [2.75, 3.05) is 13.2 Å². The van der Waals surface area contributed by atoms with Gasteiger partial charge in [-0.1, -0.05) is 32.9 Å². The average molecular weight is 387 g/mol. The Bertz CT molecular complexity index is 730. The van der Waals surface area contributed by atoms with E-state index in [1.165, 1.54) is 12.8 Å². The molecular weight excluding hydrogens is 352 g/mol. The van der Waals surface area contributed by atoms with Crippen molar-refractivity contribution >= 4 is 11.8 Å². The van der Waals surface area contributed by atoms with E-state index in [1.807, 2.05) is 19.1 Å². The third-order valence-electron chi connectivity index (χ3n) is 7.43. The van der Waals surface area contributed by atoms with Gasteiger partial charge in [0, 0.05) is 19.0 Å². The van der Waals surface area contributed by atoms with E-state index < -0.39 is 0 Å². The molecule has 2 bridgehead atoms. The highest BCUT2D eigenvalue weighted by atomic mass is 16.5. The van der Waals surface area contributed by atoms with Crippen LogP contribution in [-0.4, -0.2) is 31.0 Å². The quantitative estimate of drug-likeness (QED) is 0.665. The molecule has 0 spiro atoms. The van der Waals surface area contributed by atoms with E-state index in [1.54, 1.807) is 12.1 Å². The Hall–Kier alpha value is -2.04. The molecule has 28 heavy (non-hydrogen) atoms. The molecule has 5 heteroatoms. The first-order chi connectivity index (χ1) is 13.3. The number of ether oxygens (including phenoxy) is 1. The fourth-order valence-corrected chi connectivity index (χ4v) is 5.17. The van der Waals surface area contributed by atoms with Crippen LogP contribution in [0.2, 0.25) is 0 Å². The molecular formula is C23H34N2O3. The van der Waals surface area contributed by atoms with Crippen molar-refractivity contribution in [3.8, 4) is 5.75 Å². The second-order valence-electron chi connectivity index (χ2n) is 9.02. The zero-order valence-corrected chi connectivity index (χ0v) is 17.6. The zero-order chi connectivity index (χ0) is 20.4. The third kappa shape index (κ3) is 3.76. The lowest BCUT2D eigenvalue weighted by Gasteiger charge is -2.39. The molecule has 3 rings (SSSR count). The van der Waals surface area contributed by atoms with Crippen molar-refractivity contribution in [1.29, 1.82) is 0 Å². The van der Waals surface area contributed by atoms with Crippen molar-refractivity contribution in [1.82, 2.24) is 10.6 Å². The number of hydrogen-bond donors (Lipinski definition) is 2. The lowest BCUT2D eigenvalue weighted by Crippen LogP contribution is -2.46. The molecule has 2 saturated carbocycles. The molecule has 154 valence electrons. The molecule has 0 aromatic heterocycles. The normalized spacial score (nSPS) is 27.4. The molecule has 2 aliphatic rings. The second kappa shape index (κ2) is 8.14. The predicted molar refractivity (Wildman–Crippen MR) is 110 cm³/mol. The van der Waals surface area contributed by atoms with Crippen molar-refractivity contribution in [2.45, 2.75) is 65.8 Å². The molecule has 3 unspecified atom stereocenters. The monoisotopic (exact) mass is 386 g/mol. The topological polar surface area (TPSA) is 67.4 Å². The molecule has 1 aromatic rings. The SMILES string of the molecule is CCOc1ccccc1C(=O)NCCCC(=O)NC1CC2CCC1(C)C2(C)C. The number of benzene rings is 1. The van der Waals surface area contributed by atoms with Crippen LogP contribution in [-0.2, 0) is 4.79 Å². The maximum absolute atomic E-state index is 12.4. The lowest BCUT2D eigenvalue weighted by atomic mass is 9.69. The number of carbonyl (C=O) groups is 2. The fourth-order valence-electron chi connectivity index (χ4n) is 5.17. The van der Waals surface area contributed by atoms with Crippen LogP contribution in [0.1, 0.15) is 70.2 Å². The molecule has 0 heterocycles. The molecule has 3 atom stereocenters. The summed E-state index contributed by atoms with van der Waals surface area (Å²) in [4.78, 5) is 24.8. The molecule has 5 nitrogen and oxygen atoms in total. The Balaban J connectivity index is 1.43. The van der Waals surface area contributed by atoms with Crippen LogP contribution in [0.5, 0.6) is 5.75 Å². The van der Waals surface area contributed by atoms with E-state index in [4.69, 9.17) is 4.74 Å². The summed E-state index contributed by atoms with van der Waals surface area (Å²) in [6.45, 7) is 9.93. The van der Waals surface area contributed by atoms with Crippen molar-refractivity contribution < 1.29 is 14.3 Å². The summed E-state index contributed by atoms with van der Waals surface area (Å²) in [5.41, 5.74) is 1.03. The van der Waals surface area contributed by atoms with Crippen LogP contribution in [0.3, 0.4) is 0 Å². The Morgan fingerprint density at radius 3 is 2.61 bits per heavy atom. The number of carbonyl (C=O) groups excluding carboxylic acids is 2. The molecule has 2 fully saturated rings. The zero-order valence-electron chi connectivity index (χ0n) is 17.6. The smallest absolute Gasteiger partial charge is 0.255 e. The summed E-state index contributed by atoms with van der Waals surface area (Å²) in [5.74, 6) is 1.24. The van der Waals surface area contributed by atoms with Crippen LogP contribution < -0.4 is 15.4 Å². The summed E-state index contributed by atoms with van der Waals surface area (Å²) >= 11 is 0. The highest BCUT2D eigenvalue weighted by molar-refractivity contribution is 5.96. The summed E-state index contributed by atoms with van der Waals surface area (Å²) in [7, 11) is 0. The minimum Gasteiger partial charge on any atom is -0.493 e. The second-order valence-corrected chi connectivity index (χ2v) is 9.02. The van der Waals surface area contributed by atoms with Gasteiger partial charge >= 0.3 is 0 Å². The van der Waals surface area contributed by atoms with Gasteiger partial charge in [0.25, 0.3) is 5.91 Å². The van der Waals surface area contributed by atoms with Crippen molar-refractivity contribution in [3.05, 3.63) is 29.8 Å². The van der Waals surface area contributed by atoms with Gasteiger partial charge in [-0.05, 0) is 61.5 Å². The summed E-state index contributed by atoms with van der Waals surface area (Å²) in [6.07, 6.45) is 4.64. The van der Waals surface area contributed by atoms with Gasteiger partial charge in [0.1, 0.15) is 5.75 Å². The van der Waals surface area contributed by atoms with Crippen LogP contribution in [0, 0.1) is 16.7 Å². The first kappa shape index (κ1) is 20.7. The Morgan fingerprint density at radius 1 is 1.21 bits per heavy atom. The van der Waals surface area contributed by atoms with Gasteiger partial charge in [-0.25, -0.2) is 0 Å². The predicted octanol–water partition coefficient (Wildman–Crippen LogP) is 3.93. The summed E-state index contributed by atoms with van der Waals surface area (Å²) in [6, 6.07) is 7.50. The minimum atomic E-state index is -0.160. The molecule has 0 aliphatic heterocycles. The Morgan fingerprint density at radius 2 is 1.96 bits per heavy atom.